The molecule has 0 saturated heterocycles. The van der Waals surface area contributed by atoms with Crippen LogP contribution in [-0.4, -0.2) is 17.4 Å². The highest BCUT2D eigenvalue weighted by Crippen LogP contribution is 2.08. The van der Waals surface area contributed by atoms with Crippen molar-refractivity contribution in [3.8, 4) is 0 Å². The molecule has 1 unspecified atom stereocenters. The third-order valence-electron chi connectivity index (χ3n) is 3.36. The summed E-state index contributed by atoms with van der Waals surface area (Å²) < 4.78 is 0. The predicted molar refractivity (Wildman–Crippen MR) is 83.0 cm³/mol. The van der Waals surface area contributed by atoms with E-state index in [2.05, 4.69) is 26.1 Å². The standard InChI is InChI=1S/C15H22N2OS/c1-10(2)11(3)9-17-14(18)8-12-4-6-13(7-5-12)15(16)19/h4-7,10-11H,8-9H2,1-3H3,(H2,16,19)(H,17,18). The van der Waals surface area contributed by atoms with Crippen molar-refractivity contribution in [3.63, 3.8) is 0 Å². The van der Waals surface area contributed by atoms with Crippen LogP contribution in [0.3, 0.4) is 0 Å². The minimum atomic E-state index is 0.0515. The van der Waals surface area contributed by atoms with Gasteiger partial charge in [-0.05, 0) is 17.4 Å². The molecule has 0 saturated carbocycles. The highest BCUT2D eigenvalue weighted by Gasteiger charge is 2.09. The molecule has 0 radical (unpaired) electrons. The molecule has 1 rings (SSSR count). The van der Waals surface area contributed by atoms with Gasteiger partial charge in [-0.15, -0.1) is 0 Å². The van der Waals surface area contributed by atoms with E-state index >= 15 is 0 Å². The van der Waals surface area contributed by atoms with Gasteiger partial charge in [-0.3, -0.25) is 4.79 Å². The normalized spacial score (nSPS) is 12.2. The Morgan fingerprint density at radius 1 is 1.26 bits per heavy atom. The number of carbonyl (C=O) groups excluding carboxylic acids is 1. The number of rotatable bonds is 6. The number of hydrogen-bond acceptors (Lipinski definition) is 2. The van der Waals surface area contributed by atoms with Crippen LogP contribution in [0.2, 0.25) is 0 Å². The summed E-state index contributed by atoms with van der Waals surface area (Å²) in [6.07, 6.45) is 0.391. The Labute approximate surface area is 120 Å². The Morgan fingerprint density at radius 3 is 2.32 bits per heavy atom. The van der Waals surface area contributed by atoms with Gasteiger partial charge in [0, 0.05) is 12.1 Å². The second kappa shape index (κ2) is 7.24. The molecule has 104 valence electrons. The highest BCUT2D eigenvalue weighted by molar-refractivity contribution is 7.80. The summed E-state index contributed by atoms with van der Waals surface area (Å²) in [6.45, 7) is 7.18. The summed E-state index contributed by atoms with van der Waals surface area (Å²) >= 11 is 4.89. The first-order chi connectivity index (χ1) is 8.90. The first-order valence-corrected chi connectivity index (χ1v) is 6.96. The molecule has 4 heteroatoms. The molecule has 3 N–H and O–H groups in total. The quantitative estimate of drug-likeness (QED) is 0.785. The number of carbonyl (C=O) groups is 1. The number of nitrogens with one attached hydrogen (secondary N) is 1. The lowest BCUT2D eigenvalue weighted by molar-refractivity contribution is -0.120. The molecule has 0 aliphatic rings. The lowest BCUT2D eigenvalue weighted by Crippen LogP contribution is -2.31. The molecule has 0 heterocycles. The molecule has 0 fully saturated rings. The zero-order chi connectivity index (χ0) is 14.4. The van der Waals surface area contributed by atoms with Crippen LogP contribution in [0.15, 0.2) is 24.3 Å². The van der Waals surface area contributed by atoms with E-state index in [1.165, 1.54) is 0 Å². The van der Waals surface area contributed by atoms with Crippen LogP contribution in [0.4, 0.5) is 0 Å². The average molecular weight is 278 g/mol. The highest BCUT2D eigenvalue weighted by atomic mass is 32.1. The van der Waals surface area contributed by atoms with Gasteiger partial charge in [-0.2, -0.15) is 0 Å². The van der Waals surface area contributed by atoms with Crippen LogP contribution in [-0.2, 0) is 11.2 Å². The SMILES string of the molecule is CC(C)C(C)CNC(=O)Cc1ccc(C(N)=S)cc1. The Kier molecular flexibility index (Phi) is 5.96. The average Bonchev–Trinajstić information content (AvgIpc) is 2.36. The fraction of sp³-hybridized carbons (Fsp3) is 0.467. The fourth-order valence-corrected chi connectivity index (χ4v) is 1.68. The van der Waals surface area contributed by atoms with Crippen LogP contribution in [0, 0.1) is 11.8 Å². The molecule has 1 aromatic rings. The third-order valence-corrected chi connectivity index (χ3v) is 3.60. The van der Waals surface area contributed by atoms with Gasteiger partial charge in [0.05, 0.1) is 6.42 Å². The lowest BCUT2D eigenvalue weighted by atomic mass is 9.98. The first kappa shape index (κ1) is 15.6. The van der Waals surface area contributed by atoms with E-state index in [0.717, 1.165) is 17.7 Å². The van der Waals surface area contributed by atoms with Gasteiger partial charge in [-0.1, -0.05) is 57.3 Å². The van der Waals surface area contributed by atoms with Gasteiger partial charge in [0.2, 0.25) is 5.91 Å². The largest absolute Gasteiger partial charge is 0.389 e. The molecule has 3 nitrogen and oxygen atoms in total. The van der Waals surface area contributed by atoms with Crippen molar-refractivity contribution in [2.45, 2.75) is 27.2 Å². The topological polar surface area (TPSA) is 55.1 Å². The minimum Gasteiger partial charge on any atom is -0.389 e. The Hall–Kier alpha value is -1.42. The first-order valence-electron chi connectivity index (χ1n) is 6.55. The Balaban J connectivity index is 2.46. The van der Waals surface area contributed by atoms with Crippen LogP contribution in [0.25, 0.3) is 0 Å². The van der Waals surface area contributed by atoms with E-state index in [1.807, 2.05) is 24.3 Å². The second-order valence-corrected chi connectivity index (χ2v) is 5.70. The molecule has 0 bridgehead atoms. The van der Waals surface area contributed by atoms with Crippen LogP contribution in [0.5, 0.6) is 0 Å². The molecule has 1 atom stereocenters. The zero-order valence-electron chi connectivity index (χ0n) is 11.8. The summed E-state index contributed by atoms with van der Waals surface area (Å²) in [5.74, 6) is 1.11. The Morgan fingerprint density at radius 2 is 1.84 bits per heavy atom. The number of thiocarbonyl (C=S) groups is 1. The summed E-state index contributed by atoms with van der Waals surface area (Å²) in [5.41, 5.74) is 7.32. The predicted octanol–water partition coefficient (Wildman–Crippen LogP) is 2.27. The smallest absolute Gasteiger partial charge is 0.224 e. The molecule has 1 amide bonds. The van der Waals surface area contributed by atoms with Crippen molar-refractivity contribution < 1.29 is 4.79 Å². The summed E-state index contributed by atoms with van der Waals surface area (Å²) in [6, 6.07) is 7.48. The number of hydrogen-bond donors (Lipinski definition) is 2. The molecule has 0 aromatic heterocycles. The molecule has 0 aliphatic carbocycles. The van der Waals surface area contributed by atoms with Crippen molar-refractivity contribution >= 4 is 23.1 Å². The summed E-state index contributed by atoms with van der Waals surface area (Å²) in [5, 5.41) is 2.96. The van der Waals surface area contributed by atoms with Gasteiger partial charge in [0.25, 0.3) is 0 Å². The van der Waals surface area contributed by atoms with Gasteiger partial charge in [-0.25, -0.2) is 0 Å². The maximum Gasteiger partial charge on any atom is 0.224 e. The third kappa shape index (κ3) is 5.39. The van der Waals surface area contributed by atoms with E-state index in [0.29, 0.717) is 23.2 Å². The van der Waals surface area contributed by atoms with E-state index in [4.69, 9.17) is 18.0 Å². The van der Waals surface area contributed by atoms with Crippen LogP contribution >= 0.6 is 12.2 Å². The van der Waals surface area contributed by atoms with E-state index < -0.39 is 0 Å². The number of amides is 1. The van der Waals surface area contributed by atoms with E-state index in [-0.39, 0.29) is 5.91 Å². The number of nitrogens with two attached hydrogens (primary N) is 1. The second-order valence-electron chi connectivity index (χ2n) is 5.26. The summed E-state index contributed by atoms with van der Waals surface area (Å²) in [4.78, 5) is 12.2. The zero-order valence-corrected chi connectivity index (χ0v) is 12.6. The molecule has 19 heavy (non-hydrogen) atoms. The van der Waals surface area contributed by atoms with Crippen molar-refractivity contribution in [1.82, 2.24) is 5.32 Å². The monoisotopic (exact) mass is 278 g/mol. The molecule has 0 spiro atoms. The fourth-order valence-electron chi connectivity index (χ4n) is 1.55. The Bertz CT molecular complexity index is 440. The maximum absolute atomic E-state index is 11.8. The van der Waals surface area contributed by atoms with Gasteiger partial charge >= 0.3 is 0 Å². The van der Waals surface area contributed by atoms with Gasteiger partial charge < -0.3 is 11.1 Å². The van der Waals surface area contributed by atoms with E-state index in [1.54, 1.807) is 0 Å². The minimum absolute atomic E-state index is 0.0515. The van der Waals surface area contributed by atoms with Crippen molar-refractivity contribution in [1.29, 1.82) is 0 Å². The summed E-state index contributed by atoms with van der Waals surface area (Å²) in [7, 11) is 0. The number of benzene rings is 1. The van der Waals surface area contributed by atoms with Crippen LogP contribution in [0.1, 0.15) is 31.9 Å². The maximum atomic E-state index is 11.8. The lowest BCUT2D eigenvalue weighted by Gasteiger charge is -2.16. The van der Waals surface area contributed by atoms with E-state index in [9.17, 15) is 4.79 Å². The van der Waals surface area contributed by atoms with Gasteiger partial charge in [0.1, 0.15) is 4.99 Å². The van der Waals surface area contributed by atoms with Crippen LogP contribution < -0.4 is 11.1 Å². The molecule has 0 aliphatic heterocycles. The molecule has 1 aromatic carbocycles. The van der Waals surface area contributed by atoms with Crippen molar-refractivity contribution in [2.75, 3.05) is 6.54 Å². The van der Waals surface area contributed by atoms with Crippen molar-refractivity contribution in [2.24, 2.45) is 17.6 Å². The molecular formula is C15H22N2OS. The van der Waals surface area contributed by atoms with Crippen molar-refractivity contribution in [3.05, 3.63) is 35.4 Å². The van der Waals surface area contributed by atoms with Gasteiger partial charge in [0.15, 0.2) is 0 Å². The molecular weight excluding hydrogens is 256 g/mol.